The normalized spacial score (nSPS) is 10.5. The largest absolute Gasteiger partial charge is 0.395 e. The van der Waals surface area contributed by atoms with E-state index in [0.29, 0.717) is 6.42 Å². The van der Waals surface area contributed by atoms with Crippen LogP contribution >= 0.6 is 15.9 Å². The molecule has 0 unspecified atom stereocenters. The van der Waals surface area contributed by atoms with E-state index in [2.05, 4.69) is 79.4 Å². The molecular formula is C20H25BrO. The number of hydrogen-bond donors (Lipinski definition) is 1. The molecule has 0 fully saturated rings. The Morgan fingerprint density at radius 2 is 1.77 bits per heavy atom. The number of aliphatic hydroxyl groups excluding tert-OH is 1. The molecule has 0 bridgehead atoms. The SMILES string of the molecule is CCCCC#Cc1c(Br)cc(C(C)(C)C)cc1C#CCCO. The molecule has 22 heavy (non-hydrogen) atoms. The summed E-state index contributed by atoms with van der Waals surface area (Å²) >= 11 is 3.65. The lowest BCUT2D eigenvalue weighted by Gasteiger charge is -2.20. The highest BCUT2D eigenvalue weighted by Crippen LogP contribution is 2.29. The smallest absolute Gasteiger partial charge is 0.0544 e. The lowest BCUT2D eigenvalue weighted by Crippen LogP contribution is -2.11. The summed E-state index contributed by atoms with van der Waals surface area (Å²) in [6.07, 6.45) is 3.67. The van der Waals surface area contributed by atoms with Gasteiger partial charge < -0.3 is 5.11 Å². The van der Waals surface area contributed by atoms with Crippen LogP contribution in [0.15, 0.2) is 16.6 Å². The summed E-state index contributed by atoms with van der Waals surface area (Å²) in [6, 6.07) is 4.26. The number of halogens is 1. The summed E-state index contributed by atoms with van der Waals surface area (Å²) in [6.45, 7) is 8.82. The summed E-state index contributed by atoms with van der Waals surface area (Å²) in [4.78, 5) is 0. The van der Waals surface area contributed by atoms with Gasteiger partial charge in [0.25, 0.3) is 0 Å². The van der Waals surface area contributed by atoms with Gasteiger partial charge in [-0.25, -0.2) is 0 Å². The van der Waals surface area contributed by atoms with Crippen LogP contribution in [0.1, 0.15) is 70.1 Å². The van der Waals surface area contributed by atoms with Crippen LogP contribution in [-0.4, -0.2) is 11.7 Å². The van der Waals surface area contributed by atoms with E-state index >= 15 is 0 Å². The van der Waals surface area contributed by atoms with Gasteiger partial charge in [0.2, 0.25) is 0 Å². The Bertz CT molecular complexity index is 615. The molecule has 0 atom stereocenters. The van der Waals surface area contributed by atoms with E-state index in [1.807, 2.05) is 0 Å². The number of unbranched alkanes of at least 4 members (excludes halogenated alkanes) is 2. The van der Waals surface area contributed by atoms with E-state index in [1.165, 1.54) is 5.56 Å². The molecule has 0 aromatic heterocycles. The Labute approximate surface area is 143 Å². The van der Waals surface area contributed by atoms with Crippen molar-refractivity contribution in [2.24, 2.45) is 0 Å². The Balaban J connectivity index is 3.28. The molecule has 0 aliphatic carbocycles. The fraction of sp³-hybridized carbons (Fsp3) is 0.500. The van der Waals surface area contributed by atoms with E-state index < -0.39 is 0 Å². The molecule has 0 spiro atoms. The second-order valence-corrected chi connectivity index (χ2v) is 7.17. The minimum Gasteiger partial charge on any atom is -0.395 e. The number of aliphatic hydroxyl groups is 1. The zero-order valence-corrected chi connectivity index (χ0v) is 15.6. The molecule has 1 aromatic carbocycles. The second kappa shape index (κ2) is 9.04. The van der Waals surface area contributed by atoms with Gasteiger partial charge in [-0.15, -0.1) is 0 Å². The summed E-state index contributed by atoms with van der Waals surface area (Å²) in [5.41, 5.74) is 3.18. The zero-order valence-electron chi connectivity index (χ0n) is 14.0. The third-order valence-corrected chi connectivity index (χ3v) is 3.91. The fourth-order valence-electron chi connectivity index (χ4n) is 1.90. The highest BCUT2D eigenvalue weighted by molar-refractivity contribution is 9.10. The molecule has 1 rings (SSSR count). The highest BCUT2D eigenvalue weighted by Gasteiger charge is 2.17. The van der Waals surface area contributed by atoms with Crippen LogP contribution in [-0.2, 0) is 5.41 Å². The van der Waals surface area contributed by atoms with Crippen molar-refractivity contribution >= 4 is 15.9 Å². The first-order valence-corrected chi connectivity index (χ1v) is 8.62. The Hall–Kier alpha value is -1.22. The van der Waals surface area contributed by atoms with Gasteiger partial charge >= 0.3 is 0 Å². The van der Waals surface area contributed by atoms with Gasteiger partial charge in [-0.1, -0.05) is 57.8 Å². The predicted octanol–water partition coefficient (Wildman–Crippen LogP) is 5.02. The highest BCUT2D eigenvalue weighted by atomic mass is 79.9. The average Bonchev–Trinajstić information content (AvgIpc) is 2.44. The van der Waals surface area contributed by atoms with E-state index in [9.17, 15) is 0 Å². The molecule has 0 aliphatic heterocycles. The maximum absolute atomic E-state index is 8.91. The Morgan fingerprint density at radius 3 is 2.36 bits per heavy atom. The maximum Gasteiger partial charge on any atom is 0.0544 e. The first-order valence-electron chi connectivity index (χ1n) is 7.82. The quantitative estimate of drug-likeness (QED) is 0.592. The van der Waals surface area contributed by atoms with Crippen LogP contribution in [0, 0.1) is 23.7 Å². The summed E-state index contributed by atoms with van der Waals surface area (Å²) in [7, 11) is 0. The second-order valence-electron chi connectivity index (χ2n) is 6.31. The van der Waals surface area contributed by atoms with Crippen LogP contribution in [0.4, 0.5) is 0 Å². The minimum atomic E-state index is 0.0596. The molecule has 1 aromatic rings. The van der Waals surface area contributed by atoms with E-state index in [4.69, 9.17) is 5.11 Å². The molecule has 1 N–H and O–H groups in total. The molecule has 1 nitrogen and oxygen atoms in total. The van der Waals surface area contributed by atoms with Gasteiger partial charge in [-0.3, -0.25) is 0 Å². The Kier molecular flexibility index (Phi) is 7.74. The van der Waals surface area contributed by atoms with Crippen molar-refractivity contribution in [2.75, 3.05) is 6.61 Å². The topological polar surface area (TPSA) is 20.2 Å². The summed E-state index contributed by atoms with van der Waals surface area (Å²) < 4.78 is 0.997. The van der Waals surface area contributed by atoms with Crippen molar-refractivity contribution in [3.63, 3.8) is 0 Å². The molecule has 2 heteroatoms. The van der Waals surface area contributed by atoms with Gasteiger partial charge in [0.15, 0.2) is 0 Å². The van der Waals surface area contributed by atoms with Crippen LogP contribution in [0.5, 0.6) is 0 Å². The van der Waals surface area contributed by atoms with Crippen molar-refractivity contribution in [2.45, 2.75) is 58.8 Å². The third-order valence-electron chi connectivity index (χ3n) is 3.28. The van der Waals surface area contributed by atoms with Crippen molar-refractivity contribution in [3.05, 3.63) is 33.3 Å². The van der Waals surface area contributed by atoms with Crippen LogP contribution in [0.3, 0.4) is 0 Å². The van der Waals surface area contributed by atoms with Crippen LogP contribution in [0.2, 0.25) is 0 Å². The van der Waals surface area contributed by atoms with E-state index in [0.717, 1.165) is 34.9 Å². The van der Waals surface area contributed by atoms with E-state index in [1.54, 1.807) is 0 Å². The van der Waals surface area contributed by atoms with Gasteiger partial charge in [-0.2, -0.15) is 0 Å². The van der Waals surface area contributed by atoms with E-state index in [-0.39, 0.29) is 12.0 Å². The standard InChI is InChI=1S/C20H25BrO/c1-5-6-7-8-12-18-16(11-9-10-13-22)14-17(15-19(18)21)20(2,3)4/h14-15,22H,5-7,10,13H2,1-4H3. The fourth-order valence-corrected chi connectivity index (χ4v) is 2.45. The van der Waals surface area contributed by atoms with Gasteiger partial charge in [0.05, 0.1) is 12.2 Å². The van der Waals surface area contributed by atoms with Gasteiger partial charge in [0, 0.05) is 22.9 Å². The molecule has 0 aliphatic rings. The lowest BCUT2D eigenvalue weighted by atomic mass is 9.85. The van der Waals surface area contributed by atoms with Crippen molar-refractivity contribution < 1.29 is 5.11 Å². The van der Waals surface area contributed by atoms with Gasteiger partial charge in [0.1, 0.15) is 0 Å². The van der Waals surface area contributed by atoms with Gasteiger partial charge in [-0.05, 0) is 45.5 Å². The Morgan fingerprint density at radius 1 is 1.09 bits per heavy atom. The van der Waals surface area contributed by atoms with Crippen LogP contribution < -0.4 is 0 Å². The first-order chi connectivity index (χ1) is 10.4. The zero-order chi connectivity index (χ0) is 16.6. The number of benzene rings is 1. The maximum atomic E-state index is 8.91. The predicted molar refractivity (Wildman–Crippen MR) is 97.8 cm³/mol. The molecule has 0 radical (unpaired) electrons. The summed E-state index contributed by atoms with van der Waals surface area (Å²) in [5.74, 6) is 12.7. The molecule has 0 amide bonds. The molecule has 0 saturated heterocycles. The molecular weight excluding hydrogens is 336 g/mol. The number of hydrogen-bond acceptors (Lipinski definition) is 1. The van der Waals surface area contributed by atoms with Crippen LogP contribution in [0.25, 0.3) is 0 Å². The monoisotopic (exact) mass is 360 g/mol. The molecule has 118 valence electrons. The average molecular weight is 361 g/mol. The minimum absolute atomic E-state index is 0.0596. The third kappa shape index (κ3) is 5.88. The van der Waals surface area contributed by atoms with Crippen molar-refractivity contribution in [1.82, 2.24) is 0 Å². The first kappa shape index (κ1) is 18.8. The number of rotatable bonds is 3. The lowest BCUT2D eigenvalue weighted by molar-refractivity contribution is 0.305. The summed E-state index contributed by atoms with van der Waals surface area (Å²) in [5, 5.41) is 8.91. The van der Waals surface area contributed by atoms with Crippen molar-refractivity contribution in [3.8, 4) is 23.7 Å². The molecule has 0 saturated carbocycles. The molecule has 0 heterocycles. The van der Waals surface area contributed by atoms with Crippen molar-refractivity contribution in [1.29, 1.82) is 0 Å².